The van der Waals surface area contributed by atoms with E-state index in [1.807, 2.05) is 6.92 Å². The molecule has 1 amide bonds. The number of nitrogens with zero attached hydrogens (tertiary/aromatic N) is 2. The van der Waals surface area contributed by atoms with E-state index in [1.54, 1.807) is 12.1 Å². The fraction of sp³-hybridized carbons (Fsp3) is 0.0952. The van der Waals surface area contributed by atoms with E-state index in [9.17, 15) is 23.3 Å². The molecule has 0 bridgehead atoms. The Balaban J connectivity index is 1.96. The van der Waals surface area contributed by atoms with Crippen molar-refractivity contribution < 1.29 is 18.1 Å². The van der Waals surface area contributed by atoms with Crippen molar-refractivity contribution in [1.29, 1.82) is 0 Å². The van der Waals surface area contributed by atoms with Crippen molar-refractivity contribution >= 4 is 56.2 Å². The number of hydrogen-bond acceptors (Lipinski definition) is 5. The van der Waals surface area contributed by atoms with Gasteiger partial charge in [-0.05, 0) is 43.3 Å². The Morgan fingerprint density at radius 1 is 1.03 bits per heavy atom. The Bertz CT molecular complexity index is 1280. The molecule has 0 aliphatic rings. The molecule has 0 aliphatic carbocycles. The fourth-order valence-electron chi connectivity index (χ4n) is 2.82. The number of nitro groups is 1. The predicted octanol–water partition coefficient (Wildman–Crippen LogP) is 5.04. The van der Waals surface area contributed by atoms with Gasteiger partial charge < -0.3 is 5.32 Å². The number of rotatable bonds is 7. The molecule has 0 saturated heterocycles. The van der Waals surface area contributed by atoms with Crippen LogP contribution >= 0.6 is 23.2 Å². The van der Waals surface area contributed by atoms with Gasteiger partial charge in [0.25, 0.3) is 15.7 Å². The zero-order chi connectivity index (χ0) is 23.5. The number of carbonyl (C=O) groups is 1. The molecule has 1 N–H and O–H groups in total. The minimum atomic E-state index is -4.15. The van der Waals surface area contributed by atoms with Gasteiger partial charge in [-0.15, -0.1) is 0 Å². The van der Waals surface area contributed by atoms with Crippen LogP contribution in [0.15, 0.2) is 71.6 Å². The van der Waals surface area contributed by atoms with Gasteiger partial charge in [-0.25, -0.2) is 8.42 Å². The van der Waals surface area contributed by atoms with Crippen LogP contribution in [0.1, 0.15) is 5.56 Å². The summed E-state index contributed by atoms with van der Waals surface area (Å²) in [5.41, 5.74) is 0.949. The van der Waals surface area contributed by atoms with Crippen molar-refractivity contribution in [1.82, 2.24) is 0 Å². The molecule has 0 atom stereocenters. The van der Waals surface area contributed by atoms with E-state index in [2.05, 4.69) is 5.32 Å². The van der Waals surface area contributed by atoms with Crippen molar-refractivity contribution in [3.63, 3.8) is 0 Å². The SMILES string of the molecule is Cc1ccc(S(=O)(=O)N(CC(=O)Nc2cccc([N+](=O)[O-])c2)c2ccc(Cl)c(Cl)c2)cc1. The van der Waals surface area contributed by atoms with E-state index >= 15 is 0 Å². The van der Waals surface area contributed by atoms with Crippen LogP contribution in [0.3, 0.4) is 0 Å². The molecule has 3 aromatic rings. The number of amides is 1. The monoisotopic (exact) mass is 493 g/mol. The summed E-state index contributed by atoms with van der Waals surface area (Å²) in [6.45, 7) is 1.22. The van der Waals surface area contributed by atoms with Gasteiger partial charge in [0, 0.05) is 17.8 Å². The molecule has 3 aromatic carbocycles. The molecule has 0 fully saturated rings. The number of halogens is 2. The van der Waals surface area contributed by atoms with Crippen LogP contribution in [0.2, 0.25) is 10.0 Å². The van der Waals surface area contributed by atoms with Gasteiger partial charge in [0.1, 0.15) is 6.54 Å². The molecule has 3 rings (SSSR count). The van der Waals surface area contributed by atoms with E-state index in [0.29, 0.717) is 0 Å². The van der Waals surface area contributed by atoms with Crippen LogP contribution < -0.4 is 9.62 Å². The Labute approximate surface area is 194 Å². The third kappa shape index (κ3) is 5.37. The van der Waals surface area contributed by atoms with Gasteiger partial charge in [0.2, 0.25) is 5.91 Å². The van der Waals surface area contributed by atoms with Gasteiger partial charge in [-0.1, -0.05) is 47.0 Å². The highest BCUT2D eigenvalue weighted by molar-refractivity contribution is 7.92. The van der Waals surface area contributed by atoms with Crippen molar-refractivity contribution in [2.75, 3.05) is 16.2 Å². The van der Waals surface area contributed by atoms with E-state index < -0.39 is 27.4 Å². The van der Waals surface area contributed by atoms with Crippen LogP contribution in [0.4, 0.5) is 17.1 Å². The highest BCUT2D eigenvalue weighted by atomic mass is 35.5. The molecule has 0 aromatic heterocycles. The summed E-state index contributed by atoms with van der Waals surface area (Å²) in [6.07, 6.45) is 0. The largest absolute Gasteiger partial charge is 0.324 e. The third-order valence-electron chi connectivity index (χ3n) is 4.43. The number of nitrogens with one attached hydrogen (secondary N) is 1. The molecule has 0 heterocycles. The van der Waals surface area contributed by atoms with Gasteiger partial charge >= 0.3 is 0 Å². The molecule has 0 unspecified atom stereocenters. The van der Waals surface area contributed by atoms with Gasteiger partial charge in [-0.3, -0.25) is 19.2 Å². The lowest BCUT2D eigenvalue weighted by Gasteiger charge is -2.24. The smallest absolute Gasteiger partial charge is 0.271 e. The van der Waals surface area contributed by atoms with E-state index in [4.69, 9.17) is 23.2 Å². The molecular formula is C21H17Cl2N3O5S. The summed E-state index contributed by atoms with van der Waals surface area (Å²) in [5, 5.41) is 13.8. The Morgan fingerprint density at radius 2 is 1.72 bits per heavy atom. The minimum Gasteiger partial charge on any atom is -0.324 e. The molecule has 0 radical (unpaired) electrons. The van der Waals surface area contributed by atoms with Gasteiger partial charge in [0.15, 0.2) is 0 Å². The summed E-state index contributed by atoms with van der Waals surface area (Å²) in [7, 11) is -4.15. The third-order valence-corrected chi connectivity index (χ3v) is 6.96. The van der Waals surface area contributed by atoms with E-state index in [1.165, 1.54) is 54.6 Å². The van der Waals surface area contributed by atoms with Gasteiger partial charge in [-0.2, -0.15) is 0 Å². The minimum absolute atomic E-state index is 0.0164. The van der Waals surface area contributed by atoms with Crippen LogP contribution in [-0.2, 0) is 14.8 Å². The number of aryl methyl sites for hydroxylation is 1. The van der Waals surface area contributed by atoms with Crippen LogP contribution in [0, 0.1) is 17.0 Å². The van der Waals surface area contributed by atoms with Crippen LogP contribution in [-0.4, -0.2) is 25.8 Å². The lowest BCUT2D eigenvalue weighted by molar-refractivity contribution is -0.384. The predicted molar refractivity (Wildman–Crippen MR) is 124 cm³/mol. The number of hydrogen-bond donors (Lipinski definition) is 1. The van der Waals surface area contributed by atoms with Crippen molar-refractivity contribution in [2.45, 2.75) is 11.8 Å². The maximum absolute atomic E-state index is 13.4. The lowest BCUT2D eigenvalue weighted by Crippen LogP contribution is -2.38. The second-order valence-electron chi connectivity index (χ2n) is 6.78. The Hall–Kier alpha value is -3.14. The maximum atomic E-state index is 13.4. The summed E-state index contributed by atoms with van der Waals surface area (Å²) in [5.74, 6) is -0.702. The lowest BCUT2D eigenvalue weighted by atomic mass is 10.2. The number of anilines is 2. The molecule has 11 heteroatoms. The number of non-ortho nitro benzene ring substituents is 1. The number of benzene rings is 3. The summed E-state index contributed by atoms with van der Waals surface area (Å²) >= 11 is 12.0. The summed E-state index contributed by atoms with van der Waals surface area (Å²) in [4.78, 5) is 23.1. The summed E-state index contributed by atoms with van der Waals surface area (Å²) < 4.78 is 27.6. The highest BCUT2D eigenvalue weighted by Crippen LogP contribution is 2.30. The maximum Gasteiger partial charge on any atom is 0.271 e. The van der Waals surface area contributed by atoms with Crippen LogP contribution in [0.25, 0.3) is 0 Å². The first-order valence-corrected chi connectivity index (χ1v) is 11.4. The molecule has 166 valence electrons. The topological polar surface area (TPSA) is 110 Å². The van der Waals surface area contributed by atoms with E-state index in [0.717, 1.165) is 9.87 Å². The zero-order valence-electron chi connectivity index (χ0n) is 16.7. The standard InChI is InChI=1S/C21H17Cl2N3O5S/c1-14-5-8-18(9-6-14)32(30,31)25(16-7-10-19(22)20(23)12-16)13-21(27)24-15-3-2-4-17(11-15)26(28)29/h2-12H,13H2,1H3,(H,24,27). The molecular weight excluding hydrogens is 477 g/mol. The first-order chi connectivity index (χ1) is 15.1. The first kappa shape index (κ1) is 23.5. The van der Waals surface area contributed by atoms with Crippen molar-refractivity contribution in [2.24, 2.45) is 0 Å². The number of carbonyl (C=O) groups excluding carboxylic acids is 1. The second-order valence-corrected chi connectivity index (χ2v) is 9.46. The summed E-state index contributed by atoms with van der Waals surface area (Å²) in [6, 6.07) is 15.7. The van der Waals surface area contributed by atoms with Gasteiger partial charge in [0.05, 0.1) is 25.6 Å². The molecule has 0 aliphatic heterocycles. The quantitative estimate of drug-likeness (QED) is 0.366. The Morgan fingerprint density at radius 3 is 2.34 bits per heavy atom. The zero-order valence-corrected chi connectivity index (χ0v) is 19.0. The number of nitro benzene ring substituents is 1. The molecule has 0 spiro atoms. The van der Waals surface area contributed by atoms with Crippen LogP contribution in [0.5, 0.6) is 0 Å². The fourth-order valence-corrected chi connectivity index (χ4v) is 4.53. The highest BCUT2D eigenvalue weighted by Gasteiger charge is 2.28. The molecule has 0 saturated carbocycles. The number of sulfonamides is 1. The van der Waals surface area contributed by atoms with Crippen molar-refractivity contribution in [3.8, 4) is 0 Å². The Kier molecular flexibility index (Phi) is 7.02. The molecule has 8 nitrogen and oxygen atoms in total. The first-order valence-electron chi connectivity index (χ1n) is 9.17. The second kappa shape index (κ2) is 9.56. The average molecular weight is 494 g/mol. The average Bonchev–Trinajstić information content (AvgIpc) is 2.74. The van der Waals surface area contributed by atoms with E-state index in [-0.39, 0.29) is 32.0 Å². The molecule has 32 heavy (non-hydrogen) atoms. The normalized spacial score (nSPS) is 11.1. The van der Waals surface area contributed by atoms with Crippen molar-refractivity contribution in [3.05, 3.63) is 92.5 Å².